The van der Waals surface area contributed by atoms with Crippen LogP contribution in [0.5, 0.6) is 0 Å². The molecule has 5 nitrogen and oxygen atoms in total. The van der Waals surface area contributed by atoms with Crippen LogP contribution in [0.2, 0.25) is 0 Å². The summed E-state index contributed by atoms with van der Waals surface area (Å²) in [4.78, 5) is 5.75. The van der Waals surface area contributed by atoms with E-state index in [1.165, 1.54) is 5.69 Å². The maximum absolute atomic E-state index is 4.69. The number of nitrogens with zero attached hydrogens (tertiary/aromatic N) is 4. The predicted octanol–water partition coefficient (Wildman–Crippen LogP) is 2.72. The second kappa shape index (κ2) is 5.99. The topological polar surface area (TPSA) is 47.1 Å². The maximum Gasteiger partial charge on any atom is 0.193 e. The number of imidazole rings is 1. The van der Waals surface area contributed by atoms with Crippen LogP contribution < -0.4 is 5.32 Å². The molecule has 0 fully saturated rings. The van der Waals surface area contributed by atoms with Crippen molar-refractivity contribution in [3.8, 4) is 0 Å². The van der Waals surface area contributed by atoms with Crippen molar-refractivity contribution in [2.45, 2.75) is 32.7 Å². The van der Waals surface area contributed by atoms with E-state index in [4.69, 9.17) is 4.98 Å². The second-order valence-corrected chi connectivity index (χ2v) is 6.24. The van der Waals surface area contributed by atoms with E-state index in [1.807, 2.05) is 18.7 Å². The Morgan fingerprint density at radius 2 is 2.29 bits per heavy atom. The molecule has 0 aliphatic rings. The molecule has 3 aromatic heterocycles. The molecule has 1 unspecified atom stereocenters. The fraction of sp³-hybridized carbons (Fsp3) is 0.467. The van der Waals surface area contributed by atoms with Crippen molar-refractivity contribution in [3.63, 3.8) is 0 Å². The molecular weight excluding hydrogens is 282 g/mol. The van der Waals surface area contributed by atoms with Crippen LogP contribution in [0.15, 0.2) is 23.8 Å². The quantitative estimate of drug-likeness (QED) is 0.761. The van der Waals surface area contributed by atoms with Crippen LogP contribution in [0.1, 0.15) is 36.5 Å². The van der Waals surface area contributed by atoms with E-state index in [9.17, 15) is 0 Å². The van der Waals surface area contributed by atoms with Gasteiger partial charge in [-0.1, -0.05) is 6.92 Å². The molecule has 0 spiro atoms. The van der Waals surface area contributed by atoms with E-state index in [0.29, 0.717) is 0 Å². The van der Waals surface area contributed by atoms with E-state index in [2.05, 4.69) is 45.6 Å². The van der Waals surface area contributed by atoms with Crippen LogP contribution in [0, 0.1) is 6.92 Å². The minimum absolute atomic E-state index is 0.251. The van der Waals surface area contributed by atoms with Crippen LogP contribution >= 0.6 is 11.3 Å². The molecule has 0 radical (unpaired) electrons. The largest absolute Gasteiger partial charge is 0.308 e. The molecule has 3 aromatic rings. The summed E-state index contributed by atoms with van der Waals surface area (Å²) in [7, 11) is 2.01. The van der Waals surface area contributed by atoms with Crippen LogP contribution in [-0.4, -0.2) is 25.7 Å². The van der Waals surface area contributed by atoms with E-state index < -0.39 is 0 Å². The lowest BCUT2D eigenvalue weighted by Gasteiger charge is -2.17. The highest BCUT2D eigenvalue weighted by Gasteiger charge is 2.18. The average molecular weight is 303 g/mol. The smallest absolute Gasteiger partial charge is 0.193 e. The van der Waals surface area contributed by atoms with Gasteiger partial charge in [0.15, 0.2) is 4.96 Å². The Labute approximate surface area is 128 Å². The second-order valence-electron chi connectivity index (χ2n) is 5.37. The van der Waals surface area contributed by atoms with E-state index in [1.54, 1.807) is 11.3 Å². The monoisotopic (exact) mass is 303 g/mol. The first kappa shape index (κ1) is 14.3. The Bertz CT molecular complexity index is 695. The first-order valence-corrected chi connectivity index (χ1v) is 8.20. The molecule has 0 saturated carbocycles. The van der Waals surface area contributed by atoms with Crippen molar-refractivity contribution in [2.24, 2.45) is 7.05 Å². The first-order chi connectivity index (χ1) is 10.2. The van der Waals surface area contributed by atoms with E-state index in [0.717, 1.165) is 35.7 Å². The molecule has 0 aliphatic carbocycles. The number of aromatic nitrogens is 4. The maximum atomic E-state index is 4.69. The number of hydrogen-bond donors (Lipinski definition) is 1. The highest BCUT2D eigenvalue weighted by molar-refractivity contribution is 7.15. The van der Waals surface area contributed by atoms with Gasteiger partial charge in [-0.15, -0.1) is 11.3 Å². The normalized spacial score (nSPS) is 13.1. The third-order valence-corrected chi connectivity index (χ3v) is 4.36. The van der Waals surface area contributed by atoms with Gasteiger partial charge in [-0.05, 0) is 26.0 Å². The fourth-order valence-electron chi connectivity index (χ4n) is 2.64. The summed E-state index contributed by atoms with van der Waals surface area (Å²) < 4.78 is 4.06. The molecule has 112 valence electrons. The van der Waals surface area contributed by atoms with Crippen LogP contribution in [-0.2, 0) is 13.5 Å². The molecule has 21 heavy (non-hydrogen) atoms. The van der Waals surface area contributed by atoms with Crippen molar-refractivity contribution < 1.29 is 0 Å². The summed E-state index contributed by atoms with van der Waals surface area (Å²) in [6.07, 6.45) is 6.17. The molecule has 3 rings (SSSR count). The number of hydrogen-bond acceptors (Lipinski definition) is 4. The van der Waals surface area contributed by atoms with Crippen molar-refractivity contribution in [3.05, 3.63) is 40.9 Å². The highest BCUT2D eigenvalue weighted by Crippen LogP contribution is 2.20. The summed E-state index contributed by atoms with van der Waals surface area (Å²) in [5, 5.41) is 10.1. The molecule has 0 aromatic carbocycles. The van der Waals surface area contributed by atoms with Gasteiger partial charge in [-0.3, -0.25) is 9.08 Å². The minimum atomic E-state index is 0.251. The van der Waals surface area contributed by atoms with Crippen molar-refractivity contribution >= 4 is 16.3 Å². The van der Waals surface area contributed by atoms with Gasteiger partial charge in [0.1, 0.15) is 0 Å². The Kier molecular flexibility index (Phi) is 4.07. The molecule has 3 heterocycles. The van der Waals surface area contributed by atoms with Crippen LogP contribution in [0.4, 0.5) is 0 Å². The third kappa shape index (κ3) is 3.01. The fourth-order valence-corrected chi connectivity index (χ4v) is 3.36. The van der Waals surface area contributed by atoms with E-state index in [-0.39, 0.29) is 6.04 Å². The SMILES string of the molecule is CCCNC(Cc1cn2ccsc2n1)c1cc(C)nn1C. The Morgan fingerprint density at radius 1 is 1.43 bits per heavy atom. The molecular formula is C15H21N5S. The zero-order valence-electron chi connectivity index (χ0n) is 12.7. The molecule has 0 saturated heterocycles. The highest BCUT2D eigenvalue weighted by atomic mass is 32.1. The summed E-state index contributed by atoms with van der Waals surface area (Å²) in [5.74, 6) is 0. The molecule has 1 atom stereocenters. The Hall–Kier alpha value is -1.66. The van der Waals surface area contributed by atoms with Crippen molar-refractivity contribution in [2.75, 3.05) is 6.54 Å². The first-order valence-electron chi connectivity index (χ1n) is 7.32. The summed E-state index contributed by atoms with van der Waals surface area (Å²) in [6.45, 7) is 5.22. The average Bonchev–Trinajstić information content (AvgIpc) is 3.09. The van der Waals surface area contributed by atoms with Gasteiger partial charge in [0.2, 0.25) is 0 Å². The Morgan fingerprint density at radius 3 is 2.95 bits per heavy atom. The zero-order chi connectivity index (χ0) is 14.8. The zero-order valence-corrected chi connectivity index (χ0v) is 13.5. The van der Waals surface area contributed by atoms with E-state index >= 15 is 0 Å². The number of rotatable bonds is 6. The molecule has 1 N–H and O–H groups in total. The third-order valence-electron chi connectivity index (χ3n) is 3.59. The number of fused-ring (bicyclic) bond motifs is 1. The lowest BCUT2D eigenvalue weighted by atomic mass is 10.1. The van der Waals surface area contributed by atoms with Crippen LogP contribution in [0.25, 0.3) is 4.96 Å². The van der Waals surface area contributed by atoms with Crippen molar-refractivity contribution in [1.29, 1.82) is 0 Å². The van der Waals surface area contributed by atoms with Gasteiger partial charge in [0.25, 0.3) is 0 Å². The van der Waals surface area contributed by atoms with Gasteiger partial charge in [0, 0.05) is 31.2 Å². The lowest BCUT2D eigenvalue weighted by molar-refractivity contribution is 0.490. The Balaban J connectivity index is 1.84. The number of thiazole rings is 1. The van der Waals surface area contributed by atoms with Gasteiger partial charge in [0.05, 0.1) is 23.1 Å². The molecule has 0 aliphatic heterocycles. The van der Waals surface area contributed by atoms with Gasteiger partial charge >= 0.3 is 0 Å². The van der Waals surface area contributed by atoms with Gasteiger partial charge < -0.3 is 5.32 Å². The number of aryl methyl sites for hydroxylation is 2. The molecule has 0 bridgehead atoms. The van der Waals surface area contributed by atoms with Gasteiger partial charge in [-0.25, -0.2) is 4.98 Å². The summed E-state index contributed by atoms with van der Waals surface area (Å²) >= 11 is 1.67. The summed E-state index contributed by atoms with van der Waals surface area (Å²) in [6, 6.07) is 2.41. The van der Waals surface area contributed by atoms with Gasteiger partial charge in [-0.2, -0.15) is 5.10 Å². The molecule has 0 amide bonds. The minimum Gasteiger partial charge on any atom is -0.308 e. The standard InChI is InChI=1S/C15H21N5S/c1-4-5-16-13(14-8-11(2)18-19(14)3)9-12-10-20-6-7-21-15(20)17-12/h6-8,10,13,16H,4-5,9H2,1-3H3. The van der Waals surface area contributed by atoms with Crippen LogP contribution in [0.3, 0.4) is 0 Å². The molecule has 6 heteroatoms. The van der Waals surface area contributed by atoms with Crippen molar-refractivity contribution in [1.82, 2.24) is 24.5 Å². The lowest BCUT2D eigenvalue weighted by Crippen LogP contribution is -2.26. The summed E-state index contributed by atoms with van der Waals surface area (Å²) in [5.41, 5.74) is 3.40. The predicted molar refractivity (Wildman–Crippen MR) is 85.8 cm³/mol. The number of nitrogens with one attached hydrogen (secondary N) is 1.